The van der Waals surface area contributed by atoms with Crippen LogP contribution in [0.2, 0.25) is 0 Å². The molecule has 0 aliphatic rings. The number of methoxy groups -OCH3 is 1. The molecule has 0 fully saturated rings. The number of rotatable bonds is 8. The van der Waals surface area contributed by atoms with Crippen molar-refractivity contribution < 1.29 is 19.1 Å². The fourth-order valence-corrected chi connectivity index (χ4v) is 1.60. The van der Waals surface area contributed by atoms with Crippen LogP contribution >= 0.6 is 0 Å². The molecule has 0 radical (unpaired) electrons. The lowest BCUT2D eigenvalue weighted by atomic mass is 10.2. The molecule has 1 aromatic carbocycles. The van der Waals surface area contributed by atoms with Gasteiger partial charge in [0, 0.05) is 12.1 Å². The first-order valence-corrected chi connectivity index (χ1v) is 6.59. The maximum absolute atomic E-state index is 11.9. The first-order chi connectivity index (χ1) is 10.1. The van der Waals surface area contributed by atoms with Gasteiger partial charge >= 0.3 is 0 Å². The molecule has 1 rings (SSSR count). The van der Waals surface area contributed by atoms with Crippen molar-refractivity contribution in [2.75, 3.05) is 26.8 Å². The molecule has 6 heteroatoms. The van der Waals surface area contributed by atoms with E-state index in [2.05, 4.69) is 17.2 Å². The maximum Gasteiger partial charge on any atom is 0.251 e. The predicted molar refractivity (Wildman–Crippen MR) is 79.7 cm³/mol. The Kier molecular flexibility index (Phi) is 6.80. The van der Waals surface area contributed by atoms with Gasteiger partial charge < -0.3 is 20.1 Å². The molecule has 6 nitrogen and oxygen atoms in total. The molecule has 0 unspecified atom stereocenters. The van der Waals surface area contributed by atoms with Gasteiger partial charge in [-0.15, -0.1) is 0 Å². The van der Waals surface area contributed by atoms with E-state index in [0.29, 0.717) is 30.2 Å². The van der Waals surface area contributed by atoms with Gasteiger partial charge in [0.05, 0.1) is 13.7 Å². The van der Waals surface area contributed by atoms with Crippen LogP contribution in [0, 0.1) is 0 Å². The van der Waals surface area contributed by atoms with Crippen molar-refractivity contribution >= 4 is 11.8 Å². The monoisotopic (exact) mass is 292 g/mol. The minimum Gasteiger partial charge on any atom is -0.493 e. The number of ether oxygens (including phenoxy) is 2. The van der Waals surface area contributed by atoms with E-state index >= 15 is 0 Å². The van der Waals surface area contributed by atoms with Crippen LogP contribution in [0.15, 0.2) is 30.9 Å². The normalized spacial score (nSPS) is 9.62. The molecule has 2 N–H and O–H groups in total. The molecule has 2 amide bonds. The van der Waals surface area contributed by atoms with Crippen LogP contribution in [0.4, 0.5) is 0 Å². The molecule has 0 saturated heterocycles. The van der Waals surface area contributed by atoms with E-state index in [1.54, 1.807) is 24.3 Å². The lowest BCUT2D eigenvalue weighted by Gasteiger charge is -2.11. The van der Waals surface area contributed by atoms with Gasteiger partial charge in [-0.3, -0.25) is 9.59 Å². The predicted octanol–water partition coefficient (Wildman–Crippen LogP) is 1.13. The van der Waals surface area contributed by atoms with E-state index < -0.39 is 0 Å². The van der Waals surface area contributed by atoms with E-state index in [1.807, 2.05) is 6.92 Å². The maximum atomic E-state index is 11.9. The third-order valence-corrected chi connectivity index (χ3v) is 2.57. The Morgan fingerprint density at radius 1 is 1.29 bits per heavy atom. The number of carbonyl (C=O) groups excluding carboxylic acids is 2. The van der Waals surface area contributed by atoms with E-state index in [4.69, 9.17) is 9.47 Å². The van der Waals surface area contributed by atoms with E-state index in [1.165, 1.54) is 7.11 Å². The third-order valence-electron chi connectivity index (χ3n) is 2.57. The Morgan fingerprint density at radius 2 is 2.05 bits per heavy atom. The van der Waals surface area contributed by atoms with Gasteiger partial charge in [0.15, 0.2) is 11.5 Å². The highest BCUT2D eigenvalue weighted by atomic mass is 16.5. The van der Waals surface area contributed by atoms with Gasteiger partial charge in [-0.25, -0.2) is 0 Å². The van der Waals surface area contributed by atoms with Crippen LogP contribution < -0.4 is 20.1 Å². The van der Waals surface area contributed by atoms with Crippen molar-refractivity contribution in [2.24, 2.45) is 0 Å². The summed E-state index contributed by atoms with van der Waals surface area (Å²) in [5, 5.41) is 5.13. The fraction of sp³-hybridized carbons (Fsp3) is 0.333. The number of carbonyl (C=O) groups is 2. The fourth-order valence-electron chi connectivity index (χ4n) is 1.60. The zero-order chi connectivity index (χ0) is 15.7. The Hall–Kier alpha value is -2.50. The van der Waals surface area contributed by atoms with E-state index in [0.717, 1.165) is 0 Å². The minimum atomic E-state index is -0.352. The topological polar surface area (TPSA) is 76.7 Å². The van der Waals surface area contributed by atoms with Gasteiger partial charge in [-0.05, 0) is 25.1 Å². The molecular formula is C15H20N2O4. The highest BCUT2D eigenvalue weighted by Gasteiger charge is 2.11. The van der Waals surface area contributed by atoms with Crippen LogP contribution in [0.5, 0.6) is 11.5 Å². The summed E-state index contributed by atoms with van der Waals surface area (Å²) < 4.78 is 10.6. The van der Waals surface area contributed by atoms with Crippen LogP contribution in [0.3, 0.4) is 0 Å². The number of likely N-dealkylation sites (N-methyl/N-ethyl adjacent to an activating group) is 1. The van der Waals surface area contributed by atoms with Gasteiger partial charge in [0.1, 0.15) is 6.61 Å². The summed E-state index contributed by atoms with van der Waals surface area (Å²) in [4.78, 5) is 23.2. The smallest absolute Gasteiger partial charge is 0.251 e. The van der Waals surface area contributed by atoms with Crippen molar-refractivity contribution in [3.63, 3.8) is 0 Å². The van der Waals surface area contributed by atoms with Gasteiger partial charge in [0.2, 0.25) is 5.91 Å². The average Bonchev–Trinajstić information content (AvgIpc) is 2.50. The summed E-state index contributed by atoms with van der Waals surface area (Å²) in [6, 6.07) is 4.81. The van der Waals surface area contributed by atoms with Gasteiger partial charge in [0.25, 0.3) is 5.91 Å². The molecule has 0 aliphatic heterocycles. The molecule has 0 aliphatic carbocycles. The summed E-state index contributed by atoms with van der Waals surface area (Å²) >= 11 is 0. The van der Waals surface area contributed by atoms with Gasteiger partial charge in [-0.2, -0.15) is 0 Å². The number of benzene rings is 1. The molecule has 0 bridgehead atoms. The largest absolute Gasteiger partial charge is 0.493 e. The van der Waals surface area contributed by atoms with E-state index in [-0.39, 0.29) is 18.4 Å². The van der Waals surface area contributed by atoms with Crippen LogP contribution in [0.1, 0.15) is 17.3 Å². The zero-order valence-electron chi connectivity index (χ0n) is 12.3. The second-order valence-electron chi connectivity index (χ2n) is 4.10. The molecule has 0 spiro atoms. The Balaban J connectivity index is 2.72. The summed E-state index contributed by atoms with van der Waals surface area (Å²) in [5.41, 5.74) is 0.391. The Morgan fingerprint density at radius 3 is 2.67 bits per heavy atom. The summed E-state index contributed by atoms with van der Waals surface area (Å²) in [6.07, 6.45) is 1.62. The second kappa shape index (κ2) is 8.63. The van der Waals surface area contributed by atoms with Crippen molar-refractivity contribution in [1.82, 2.24) is 10.6 Å². The number of hydrogen-bond acceptors (Lipinski definition) is 4. The van der Waals surface area contributed by atoms with E-state index in [9.17, 15) is 9.59 Å². The summed E-state index contributed by atoms with van der Waals surface area (Å²) in [6.45, 7) is 6.18. The first-order valence-electron chi connectivity index (χ1n) is 6.59. The quantitative estimate of drug-likeness (QED) is 0.704. The van der Waals surface area contributed by atoms with Crippen molar-refractivity contribution in [2.45, 2.75) is 6.92 Å². The Labute approximate surface area is 124 Å². The van der Waals surface area contributed by atoms with Crippen molar-refractivity contribution in [3.8, 4) is 11.5 Å². The highest BCUT2D eigenvalue weighted by Crippen LogP contribution is 2.28. The number of hydrogen-bond donors (Lipinski definition) is 2. The molecule has 0 saturated carbocycles. The molecule has 0 heterocycles. The molecule has 0 atom stereocenters. The standard InChI is InChI=1S/C15H20N2O4/c1-4-8-21-12-7-6-11(9-13(12)20-3)15(19)17-10-14(18)16-5-2/h4,6-7,9H,1,5,8,10H2,2-3H3,(H,16,18)(H,17,19). The lowest BCUT2D eigenvalue weighted by molar-refractivity contribution is -0.120. The van der Waals surface area contributed by atoms with Crippen LogP contribution in [-0.4, -0.2) is 38.6 Å². The summed E-state index contributed by atoms with van der Waals surface area (Å²) in [5.74, 6) is 0.388. The van der Waals surface area contributed by atoms with Gasteiger partial charge in [-0.1, -0.05) is 12.7 Å². The van der Waals surface area contributed by atoms with Crippen molar-refractivity contribution in [1.29, 1.82) is 0 Å². The second-order valence-corrected chi connectivity index (χ2v) is 4.10. The van der Waals surface area contributed by atoms with Crippen molar-refractivity contribution in [3.05, 3.63) is 36.4 Å². The minimum absolute atomic E-state index is 0.0658. The molecule has 114 valence electrons. The first kappa shape index (κ1) is 16.6. The summed E-state index contributed by atoms with van der Waals surface area (Å²) in [7, 11) is 1.49. The van der Waals surface area contributed by atoms with Crippen LogP contribution in [0.25, 0.3) is 0 Å². The number of amides is 2. The number of nitrogens with one attached hydrogen (secondary N) is 2. The molecule has 0 aromatic heterocycles. The molecular weight excluding hydrogens is 272 g/mol. The lowest BCUT2D eigenvalue weighted by Crippen LogP contribution is -2.36. The SMILES string of the molecule is C=CCOc1ccc(C(=O)NCC(=O)NCC)cc1OC. The van der Waals surface area contributed by atoms with Crippen LogP contribution in [-0.2, 0) is 4.79 Å². The average molecular weight is 292 g/mol. The zero-order valence-corrected chi connectivity index (χ0v) is 12.3. The Bertz CT molecular complexity index is 514. The molecule has 21 heavy (non-hydrogen) atoms. The highest BCUT2D eigenvalue weighted by molar-refractivity contribution is 5.97. The third kappa shape index (κ3) is 5.18. The molecule has 1 aromatic rings.